The van der Waals surface area contributed by atoms with Crippen LogP contribution in [0.4, 0.5) is 4.39 Å². The van der Waals surface area contributed by atoms with Gasteiger partial charge in [-0.1, -0.05) is 6.07 Å². The molecule has 2 unspecified atom stereocenters. The molecule has 0 spiro atoms. The summed E-state index contributed by atoms with van der Waals surface area (Å²) in [6.45, 7) is 3.40. The van der Waals surface area contributed by atoms with Crippen molar-refractivity contribution in [2.75, 3.05) is 6.61 Å². The SMILES string of the molecule is CCOC(=O)C(C)(O)C1CCc2cc(F)ccc21. The van der Waals surface area contributed by atoms with Crippen LogP contribution in [0.25, 0.3) is 0 Å². The van der Waals surface area contributed by atoms with Crippen molar-refractivity contribution in [1.29, 1.82) is 0 Å². The van der Waals surface area contributed by atoms with E-state index in [-0.39, 0.29) is 18.3 Å². The van der Waals surface area contributed by atoms with Gasteiger partial charge in [-0.05, 0) is 49.9 Å². The van der Waals surface area contributed by atoms with Crippen LogP contribution in [0.1, 0.15) is 37.3 Å². The number of aliphatic hydroxyl groups is 1. The van der Waals surface area contributed by atoms with Gasteiger partial charge in [-0.15, -0.1) is 0 Å². The zero-order valence-corrected chi connectivity index (χ0v) is 10.6. The van der Waals surface area contributed by atoms with E-state index in [4.69, 9.17) is 4.74 Å². The molecule has 0 aliphatic heterocycles. The van der Waals surface area contributed by atoms with E-state index >= 15 is 0 Å². The number of ether oxygens (including phenoxy) is 1. The van der Waals surface area contributed by atoms with Gasteiger partial charge >= 0.3 is 5.97 Å². The van der Waals surface area contributed by atoms with Crippen LogP contribution >= 0.6 is 0 Å². The molecule has 0 radical (unpaired) electrons. The Morgan fingerprint density at radius 2 is 2.33 bits per heavy atom. The topological polar surface area (TPSA) is 46.5 Å². The van der Waals surface area contributed by atoms with Crippen LogP contribution in [-0.4, -0.2) is 23.3 Å². The van der Waals surface area contributed by atoms with Crippen molar-refractivity contribution in [2.45, 2.75) is 38.2 Å². The molecule has 0 heterocycles. The summed E-state index contributed by atoms with van der Waals surface area (Å²) in [5, 5.41) is 10.4. The smallest absolute Gasteiger partial charge is 0.338 e. The summed E-state index contributed by atoms with van der Waals surface area (Å²) in [6, 6.07) is 4.48. The first-order valence-corrected chi connectivity index (χ1v) is 6.14. The minimum absolute atomic E-state index is 0.234. The summed E-state index contributed by atoms with van der Waals surface area (Å²) in [4.78, 5) is 11.8. The van der Waals surface area contributed by atoms with Gasteiger partial charge in [0.15, 0.2) is 5.60 Å². The number of hydrogen-bond donors (Lipinski definition) is 1. The van der Waals surface area contributed by atoms with Crippen LogP contribution in [-0.2, 0) is 16.0 Å². The second-order valence-electron chi connectivity index (χ2n) is 4.80. The fourth-order valence-corrected chi connectivity index (χ4v) is 2.59. The van der Waals surface area contributed by atoms with Gasteiger partial charge < -0.3 is 9.84 Å². The maximum absolute atomic E-state index is 13.1. The largest absolute Gasteiger partial charge is 0.464 e. The molecular formula is C14H17FO3. The Kier molecular flexibility index (Phi) is 3.39. The zero-order valence-electron chi connectivity index (χ0n) is 10.6. The maximum Gasteiger partial charge on any atom is 0.338 e. The molecule has 0 aromatic heterocycles. The van der Waals surface area contributed by atoms with Crippen LogP contribution < -0.4 is 0 Å². The van der Waals surface area contributed by atoms with Gasteiger partial charge in [-0.2, -0.15) is 0 Å². The summed E-state index contributed by atoms with van der Waals surface area (Å²) in [6.07, 6.45) is 1.30. The van der Waals surface area contributed by atoms with Gasteiger partial charge in [-0.25, -0.2) is 9.18 Å². The van der Waals surface area contributed by atoms with E-state index in [0.717, 1.165) is 11.1 Å². The fourth-order valence-electron chi connectivity index (χ4n) is 2.59. The highest BCUT2D eigenvalue weighted by Gasteiger charge is 2.44. The Morgan fingerprint density at radius 3 is 3.00 bits per heavy atom. The predicted molar refractivity (Wildman–Crippen MR) is 64.7 cm³/mol. The standard InChI is InChI=1S/C14H17FO3/c1-3-18-13(16)14(2,17)12-7-4-9-8-10(15)5-6-11(9)12/h5-6,8,12,17H,3-4,7H2,1-2H3. The summed E-state index contributed by atoms with van der Waals surface area (Å²) in [5.74, 6) is -1.23. The van der Waals surface area contributed by atoms with Gasteiger partial charge in [0.1, 0.15) is 5.82 Å². The molecule has 0 fully saturated rings. The van der Waals surface area contributed by atoms with E-state index in [2.05, 4.69) is 0 Å². The number of esters is 1. The molecule has 0 saturated carbocycles. The molecule has 1 aliphatic rings. The number of fused-ring (bicyclic) bond motifs is 1. The predicted octanol–water partition coefficient (Wildman–Crippen LogP) is 2.17. The third kappa shape index (κ3) is 2.12. The Labute approximate surface area is 106 Å². The second-order valence-corrected chi connectivity index (χ2v) is 4.80. The molecule has 0 saturated heterocycles. The van der Waals surface area contributed by atoms with Crippen molar-refractivity contribution in [3.05, 3.63) is 35.1 Å². The minimum atomic E-state index is -1.56. The highest BCUT2D eigenvalue weighted by Crippen LogP contribution is 2.41. The molecule has 1 aliphatic carbocycles. The molecule has 2 atom stereocenters. The zero-order chi connectivity index (χ0) is 13.3. The first-order chi connectivity index (χ1) is 8.46. The first kappa shape index (κ1) is 13.0. The molecule has 1 N–H and O–H groups in total. The lowest BCUT2D eigenvalue weighted by atomic mass is 9.84. The Balaban J connectivity index is 2.30. The lowest BCUT2D eigenvalue weighted by Gasteiger charge is -2.28. The molecular weight excluding hydrogens is 235 g/mol. The van der Waals surface area contributed by atoms with E-state index in [9.17, 15) is 14.3 Å². The van der Waals surface area contributed by atoms with Gasteiger partial charge in [0.2, 0.25) is 0 Å². The van der Waals surface area contributed by atoms with Crippen LogP contribution in [0, 0.1) is 5.82 Å². The quantitative estimate of drug-likeness (QED) is 0.839. The van der Waals surface area contributed by atoms with Crippen molar-refractivity contribution < 1.29 is 19.0 Å². The van der Waals surface area contributed by atoms with E-state index < -0.39 is 11.6 Å². The summed E-state index contributed by atoms with van der Waals surface area (Å²) in [5.41, 5.74) is 0.151. The molecule has 0 bridgehead atoms. The van der Waals surface area contributed by atoms with Crippen LogP contribution in [0.5, 0.6) is 0 Å². The molecule has 98 valence electrons. The Bertz CT molecular complexity index is 468. The summed E-state index contributed by atoms with van der Waals surface area (Å²) in [7, 11) is 0. The lowest BCUT2D eigenvalue weighted by molar-refractivity contribution is -0.165. The van der Waals surface area contributed by atoms with Crippen molar-refractivity contribution >= 4 is 5.97 Å². The number of halogens is 1. The van der Waals surface area contributed by atoms with Crippen molar-refractivity contribution in [2.24, 2.45) is 0 Å². The van der Waals surface area contributed by atoms with Crippen molar-refractivity contribution in [1.82, 2.24) is 0 Å². The van der Waals surface area contributed by atoms with Gasteiger partial charge in [0.25, 0.3) is 0 Å². The van der Waals surface area contributed by atoms with Crippen LogP contribution in [0.3, 0.4) is 0 Å². The van der Waals surface area contributed by atoms with Crippen molar-refractivity contribution in [3.63, 3.8) is 0 Å². The monoisotopic (exact) mass is 252 g/mol. The van der Waals surface area contributed by atoms with Gasteiger partial charge in [0.05, 0.1) is 6.61 Å². The number of carbonyl (C=O) groups excluding carboxylic acids is 1. The number of rotatable bonds is 3. The van der Waals surface area contributed by atoms with E-state index in [1.807, 2.05) is 0 Å². The minimum Gasteiger partial charge on any atom is -0.464 e. The summed E-state index contributed by atoms with van der Waals surface area (Å²) < 4.78 is 18.0. The molecule has 4 heteroatoms. The first-order valence-electron chi connectivity index (χ1n) is 6.14. The number of benzene rings is 1. The number of aryl methyl sites for hydroxylation is 1. The lowest BCUT2D eigenvalue weighted by Crippen LogP contribution is -2.42. The number of hydrogen-bond acceptors (Lipinski definition) is 3. The normalized spacial score (nSPS) is 21.2. The van der Waals surface area contributed by atoms with Crippen molar-refractivity contribution in [3.8, 4) is 0 Å². The average Bonchev–Trinajstić information content (AvgIpc) is 2.72. The van der Waals surface area contributed by atoms with Gasteiger partial charge in [-0.3, -0.25) is 0 Å². The molecule has 0 amide bonds. The molecule has 1 aromatic rings. The van der Waals surface area contributed by atoms with Crippen LogP contribution in [0.2, 0.25) is 0 Å². The summed E-state index contributed by atoms with van der Waals surface area (Å²) >= 11 is 0. The Morgan fingerprint density at radius 1 is 1.61 bits per heavy atom. The van der Waals surface area contributed by atoms with E-state index in [1.165, 1.54) is 19.1 Å². The maximum atomic E-state index is 13.1. The number of carbonyl (C=O) groups is 1. The van der Waals surface area contributed by atoms with Gasteiger partial charge in [0, 0.05) is 5.92 Å². The average molecular weight is 252 g/mol. The van der Waals surface area contributed by atoms with E-state index in [0.29, 0.717) is 12.8 Å². The molecule has 2 rings (SSSR count). The molecule has 1 aromatic carbocycles. The third-order valence-corrected chi connectivity index (χ3v) is 3.55. The highest BCUT2D eigenvalue weighted by molar-refractivity contribution is 5.80. The third-order valence-electron chi connectivity index (χ3n) is 3.55. The second kappa shape index (κ2) is 4.69. The van der Waals surface area contributed by atoms with E-state index in [1.54, 1.807) is 13.0 Å². The Hall–Kier alpha value is -1.42. The molecule has 3 nitrogen and oxygen atoms in total. The fraction of sp³-hybridized carbons (Fsp3) is 0.500. The highest BCUT2D eigenvalue weighted by atomic mass is 19.1. The molecule has 18 heavy (non-hydrogen) atoms. The van der Waals surface area contributed by atoms with Crippen LogP contribution in [0.15, 0.2) is 18.2 Å².